The molecule has 58 valence electrons. The van der Waals surface area contributed by atoms with E-state index in [9.17, 15) is 4.79 Å². The van der Waals surface area contributed by atoms with Crippen molar-refractivity contribution in [2.75, 3.05) is 12.8 Å². The molecule has 0 aliphatic rings. The van der Waals surface area contributed by atoms with Gasteiger partial charge in [-0.2, -0.15) is 0 Å². The minimum Gasteiger partial charge on any atom is -0.497 e. The van der Waals surface area contributed by atoms with Crippen LogP contribution in [0.2, 0.25) is 0 Å². The van der Waals surface area contributed by atoms with Gasteiger partial charge in [-0.1, -0.05) is 0 Å². The first kappa shape index (κ1) is 7.60. The fourth-order valence-electron chi connectivity index (χ4n) is 0.832. The van der Waals surface area contributed by atoms with Gasteiger partial charge >= 0.3 is 0 Å². The molecular formula is C8H9NO2. The number of benzene rings is 1. The van der Waals surface area contributed by atoms with E-state index < -0.39 is 0 Å². The van der Waals surface area contributed by atoms with Crippen LogP contribution in [0.3, 0.4) is 0 Å². The molecule has 11 heavy (non-hydrogen) atoms. The highest BCUT2D eigenvalue weighted by atomic mass is 16.5. The molecule has 0 fully saturated rings. The molecule has 0 atom stereocenters. The highest BCUT2D eigenvalue weighted by Gasteiger charge is 1.96. The Hall–Kier alpha value is -1.51. The molecule has 0 amide bonds. The Kier molecular flexibility index (Phi) is 2.11. The number of hydrogen-bond donors (Lipinski definition) is 1. The molecule has 1 aromatic rings. The zero-order valence-electron chi connectivity index (χ0n) is 6.20. The summed E-state index contributed by atoms with van der Waals surface area (Å²) in [4.78, 5) is 10.3. The zero-order valence-corrected chi connectivity index (χ0v) is 6.20. The minimum atomic E-state index is 0.529. The maximum atomic E-state index is 10.3. The highest BCUT2D eigenvalue weighted by molar-refractivity contribution is 5.77. The Morgan fingerprint density at radius 2 is 2.18 bits per heavy atom. The lowest BCUT2D eigenvalue weighted by molar-refractivity contribution is 0.112. The first-order valence-corrected chi connectivity index (χ1v) is 3.16. The maximum absolute atomic E-state index is 10.3. The third kappa shape index (κ3) is 1.70. The van der Waals surface area contributed by atoms with Crippen molar-refractivity contribution in [1.29, 1.82) is 0 Å². The van der Waals surface area contributed by atoms with Crippen LogP contribution < -0.4 is 10.5 Å². The summed E-state index contributed by atoms with van der Waals surface area (Å²) in [7, 11) is 1.53. The molecule has 3 nitrogen and oxygen atoms in total. The molecule has 0 heterocycles. The Morgan fingerprint density at radius 1 is 1.45 bits per heavy atom. The predicted octanol–water partition coefficient (Wildman–Crippen LogP) is 1.09. The van der Waals surface area contributed by atoms with Crippen LogP contribution in [0, 0.1) is 0 Å². The van der Waals surface area contributed by atoms with Crippen LogP contribution in [0.5, 0.6) is 5.75 Å². The Bertz CT molecular complexity index is 271. The van der Waals surface area contributed by atoms with Crippen molar-refractivity contribution in [2.45, 2.75) is 0 Å². The van der Waals surface area contributed by atoms with Crippen LogP contribution in [-0.4, -0.2) is 13.4 Å². The molecule has 3 heteroatoms. The van der Waals surface area contributed by atoms with Gasteiger partial charge in [0.2, 0.25) is 0 Å². The van der Waals surface area contributed by atoms with Gasteiger partial charge in [-0.25, -0.2) is 0 Å². The standard InChI is InChI=1S/C8H9NO2/c1-11-8-3-6(5-10)2-7(9)4-8/h2-5H,9H2,1H3. The quantitative estimate of drug-likeness (QED) is 0.508. The molecule has 0 unspecified atom stereocenters. The Morgan fingerprint density at radius 3 is 2.73 bits per heavy atom. The molecule has 1 aromatic carbocycles. The minimum absolute atomic E-state index is 0.529. The van der Waals surface area contributed by atoms with Gasteiger partial charge in [0.05, 0.1) is 7.11 Å². The summed E-state index contributed by atoms with van der Waals surface area (Å²) in [5, 5.41) is 0. The Balaban J connectivity index is 3.11. The van der Waals surface area contributed by atoms with Crippen LogP contribution in [0.1, 0.15) is 10.4 Å². The molecule has 0 saturated heterocycles. The van der Waals surface area contributed by atoms with Crippen LogP contribution in [-0.2, 0) is 0 Å². The maximum Gasteiger partial charge on any atom is 0.150 e. The van der Waals surface area contributed by atoms with Gasteiger partial charge in [0.15, 0.2) is 0 Å². The van der Waals surface area contributed by atoms with Crippen LogP contribution in [0.25, 0.3) is 0 Å². The van der Waals surface area contributed by atoms with Gasteiger partial charge in [0, 0.05) is 17.3 Å². The van der Waals surface area contributed by atoms with E-state index >= 15 is 0 Å². The molecule has 0 aliphatic carbocycles. The lowest BCUT2D eigenvalue weighted by atomic mass is 10.2. The van der Waals surface area contributed by atoms with E-state index in [1.807, 2.05) is 0 Å². The number of hydrogen-bond acceptors (Lipinski definition) is 3. The third-order valence-electron chi connectivity index (χ3n) is 1.32. The summed E-state index contributed by atoms with van der Waals surface area (Å²) in [6.07, 6.45) is 0.735. The second-order valence-corrected chi connectivity index (χ2v) is 2.16. The SMILES string of the molecule is COc1cc(N)cc(C=O)c1. The van der Waals surface area contributed by atoms with Gasteiger partial charge in [0.1, 0.15) is 12.0 Å². The number of carbonyl (C=O) groups is 1. The number of anilines is 1. The molecule has 2 N–H and O–H groups in total. The van der Waals surface area contributed by atoms with Crippen molar-refractivity contribution in [3.8, 4) is 5.75 Å². The predicted molar refractivity (Wildman–Crippen MR) is 42.8 cm³/mol. The lowest BCUT2D eigenvalue weighted by Gasteiger charge is -2.01. The molecule has 0 aromatic heterocycles. The second kappa shape index (κ2) is 3.05. The van der Waals surface area contributed by atoms with E-state index in [1.54, 1.807) is 18.2 Å². The van der Waals surface area contributed by atoms with Gasteiger partial charge in [-0.15, -0.1) is 0 Å². The lowest BCUT2D eigenvalue weighted by Crippen LogP contribution is -1.90. The van der Waals surface area contributed by atoms with Gasteiger partial charge in [-0.3, -0.25) is 4.79 Å². The summed E-state index contributed by atoms with van der Waals surface area (Å²) in [6.45, 7) is 0. The van der Waals surface area contributed by atoms with Gasteiger partial charge in [0.25, 0.3) is 0 Å². The molecule has 0 spiro atoms. The summed E-state index contributed by atoms with van der Waals surface area (Å²) in [5.41, 5.74) is 6.53. The van der Waals surface area contributed by atoms with Crippen molar-refractivity contribution in [1.82, 2.24) is 0 Å². The second-order valence-electron chi connectivity index (χ2n) is 2.16. The number of nitrogens with two attached hydrogens (primary N) is 1. The monoisotopic (exact) mass is 151 g/mol. The number of ether oxygens (including phenoxy) is 1. The van der Waals surface area contributed by atoms with Crippen LogP contribution in [0.15, 0.2) is 18.2 Å². The van der Waals surface area contributed by atoms with E-state index in [1.165, 1.54) is 7.11 Å². The van der Waals surface area contributed by atoms with E-state index in [2.05, 4.69) is 0 Å². The van der Waals surface area contributed by atoms with E-state index in [0.29, 0.717) is 17.0 Å². The summed E-state index contributed by atoms with van der Waals surface area (Å²) in [6, 6.07) is 4.88. The van der Waals surface area contributed by atoms with Crippen molar-refractivity contribution >= 4 is 12.0 Å². The number of carbonyl (C=O) groups excluding carboxylic acids is 1. The molecule has 1 rings (SSSR count). The van der Waals surface area contributed by atoms with E-state index in [0.717, 1.165) is 6.29 Å². The fourth-order valence-corrected chi connectivity index (χ4v) is 0.832. The largest absolute Gasteiger partial charge is 0.497 e. The topological polar surface area (TPSA) is 52.3 Å². The fraction of sp³-hybridized carbons (Fsp3) is 0.125. The first-order valence-electron chi connectivity index (χ1n) is 3.16. The molecule has 0 radical (unpaired) electrons. The van der Waals surface area contributed by atoms with Gasteiger partial charge < -0.3 is 10.5 Å². The summed E-state index contributed by atoms with van der Waals surface area (Å²) >= 11 is 0. The molecule has 0 bridgehead atoms. The smallest absolute Gasteiger partial charge is 0.150 e. The highest BCUT2D eigenvalue weighted by Crippen LogP contribution is 2.16. The Labute approximate surface area is 64.8 Å². The number of nitrogen functional groups attached to an aromatic ring is 1. The molecule has 0 aliphatic heterocycles. The summed E-state index contributed by atoms with van der Waals surface area (Å²) < 4.78 is 4.90. The number of rotatable bonds is 2. The van der Waals surface area contributed by atoms with E-state index in [4.69, 9.17) is 10.5 Å². The average molecular weight is 151 g/mol. The van der Waals surface area contributed by atoms with E-state index in [-0.39, 0.29) is 0 Å². The first-order chi connectivity index (χ1) is 5.26. The normalized spacial score (nSPS) is 9.18. The van der Waals surface area contributed by atoms with Crippen LogP contribution >= 0.6 is 0 Å². The third-order valence-corrected chi connectivity index (χ3v) is 1.32. The van der Waals surface area contributed by atoms with Crippen molar-refractivity contribution in [3.63, 3.8) is 0 Å². The van der Waals surface area contributed by atoms with Crippen molar-refractivity contribution < 1.29 is 9.53 Å². The summed E-state index contributed by atoms with van der Waals surface area (Å²) in [5.74, 6) is 0.604. The van der Waals surface area contributed by atoms with Gasteiger partial charge in [-0.05, 0) is 12.1 Å². The van der Waals surface area contributed by atoms with Crippen LogP contribution in [0.4, 0.5) is 5.69 Å². The average Bonchev–Trinajstić information content (AvgIpc) is 2.03. The van der Waals surface area contributed by atoms with Crippen molar-refractivity contribution in [2.24, 2.45) is 0 Å². The van der Waals surface area contributed by atoms with Crippen molar-refractivity contribution in [3.05, 3.63) is 23.8 Å². The number of aldehydes is 1. The molecule has 0 saturated carbocycles. The zero-order chi connectivity index (χ0) is 8.27. The molecular weight excluding hydrogens is 142 g/mol. The number of methoxy groups -OCH3 is 1.